The SMILES string of the molecule is O=C(O)CNC(=O)C(=O)Cc1ccccc1. The van der Waals surface area contributed by atoms with E-state index in [0.717, 1.165) is 5.56 Å². The van der Waals surface area contributed by atoms with E-state index < -0.39 is 24.2 Å². The predicted octanol–water partition coefficient (Wildman–Crippen LogP) is -0.00100. The Kier molecular flexibility index (Phi) is 4.20. The third-order valence-corrected chi connectivity index (χ3v) is 1.86. The maximum atomic E-state index is 11.3. The first-order valence-electron chi connectivity index (χ1n) is 4.66. The standard InChI is InChI=1S/C11H11NO4/c13-9(11(16)12-7-10(14)15)6-8-4-2-1-3-5-8/h1-5H,6-7H2,(H,12,16)(H,14,15). The third kappa shape index (κ3) is 3.91. The molecule has 2 N–H and O–H groups in total. The molecule has 1 aromatic rings. The summed E-state index contributed by atoms with van der Waals surface area (Å²) < 4.78 is 0. The Balaban J connectivity index is 2.46. The van der Waals surface area contributed by atoms with Crippen LogP contribution in [0.25, 0.3) is 0 Å². The van der Waals surface area contributed by atoms with Crippen LogP contribution < -0.4 is 5.32 Å². The molecule has 1 aromatic carbocycles. The normalized spacial score (nSPS) is 9.50. The fraction of sp³-hybridized carbons (Fsp3) is 0.182. The summed E-state index contributed by atoms with van der Waals surface area (Å²) in [4.78, 5) is 32.6. The van der Waals surface area contributed by atoms with E-state index in [1.54, 1.807) is 30.3 Å². The first kappa shape index (κ1) is 11.9. The van der Waals surface area contributed by atoms with Crippen molar-refractivity contribution in [2.45, 2.75) is 6.42 Å². The summed E-state index contributed by atoms with van der Waals surface area (Å²) in [6.07, 6.45) is -0.0215. The van der Waals surface area contributed by atoms with Crippen LogP contribution in [0.3, 0.4) is 0 Å². The van der Waals surface area contributed by atoms with Crippen LogP contribution in [0.5, 0.6) is 0 Å². The van der Waals surface area contributed by atoms with Crippen LogP contribution in [-0.4, -0.2) is 29.3 Å². The molecule has 0 radical (unpaired) electrons. The number of carboxylic acid groups (broad SMARTS) is 1. The van der Waals surface area contributed by atoms with Crippen molar-refractivity contribution in [3.05, 3.63) is 35.9 Å². The van der Waals surface area contributed by atoms with Gasteiger partial charge >= 0.3 is 5.97 Å². The largest absolute Gasteiger partial charge is 0.480 e. The molecule has 1 rings (SSSR count). The van der Waals surface area contributed by atoms with Gasteiger partial charge in [-0.2, -0.15) is 0 Å². The quantitative estimate of drug-likeness (QED) is 0.685. The van der Waals surface area contributed by atoms with Crippen LogP contribution in [0.4, 0.5) is 0 Å². The first-order valence-corrected chi connectivity index (χ1v) is 4.66. The summed E-state index contributed by atoms with van der Waals surface area (Å²) in [5, 5.41) is 10.3. The number of carboxylic acids is 1. The fourth-order valence-electron chi connectivity index (χ4n) is 1.12. The van der Waals surface area contributed by atoms with Gasteiger partial charge in [-0.05, 0) is 5.56 Å². The number of benzene rings is 1. The number of aliphatic carboxylic acids is 1. The monoisotopic (exact) mass is 221 g/mol. The number of ketones is 1. The number of hydrogen-bond acceptors (Lipinski definition) is 3. The molecule has 0 aliphatic carbocycles. The molecule has 0 saturated carbocycles. The van der Waals surface area contributed by atoms with Crippen molar-refractivity contribution in [1.29, 1.82) is 0 Å². The zero-order valence-electron chi connectivity index (χ0n) is 8.47. The Morgan fingerprint density at radius 3 is 2.31 bits per heavy atom. The number of carbonyl (C=O) groups is 3. The Morgan fingerprint density at radius 2 is 1.75 bits per heavy atom. The number of rotatable bonds is 5. The molecule has 0 unspecified atom stereocenters. The summed E-state index contributed by atoms with van der Waals surface area (Å²) in [6, 6.07) is 8.78. The van der Waals surface area contributed by atoms with Crippen LogP contribution in [0, 0.1) is 0 Å². The van der Waals surface area contributed by atoms with Gasteiger partial charge in [0.25, 0.3) is 5.91 Å². The van der Waals surface area contributed by atoms with Gasteiger partial charge in [-0.15, -0.1) is 0 Å². The van der Waals surface area contributed by atoms with Crippen molar-refractivity contribution in [3.63, 3.8) is 0 Å². The second-order valence-electron chi connectivity index (χ2n) is 3.16. The molecule has 0 aliphatic rings. The Morgan fingerprint density at radius 1 is 1.12 bits per heavy atom. The smallest absolute Gasteiger partial charge is 0.322 e. The molecule has 0 saturated heterocycles. The molecule has 0 bridgehead atoms. The van der Waals surface area contributed by atoms with E-state index in [4.69, 9.17) is 5.11 Å². The average Bonchev–Trinajstić information content (AvgIpc) is 2.27. The van der Waals surface area contributed by atoms with Crippen molar-refractivity contribution < 1.29 is 19.5 Å². The van der Waals surface area contributed by atoms with E-state index in [0.29, 0.717) is 0 Å². The Bertz CT molecular complexity index is 400. The van der Waals surface area contributed by atoms with E-state index >= 15 is 0 Å². The van der Waals surface area contributed by atoms with E-state index in [1.165, 1.54) is 0 Å². The highest BCUT2D eigenvalue weighted by atomic mass is 16.4. The van der Waals surface area contributed by atoms with Crippen molar-refractivity contribution in [3.8, 4) is 0 Å². The predicted molar refractivity (Wildman–Crippen MR) is 55.8 cm³/mol. The van der Waals surface area contributed by atoms with Gasteiger partial charge in [-0.3, -0.25) is 14.4 Å². The second-order valence-corrected chi connectivity index (χ2v) is 3.16. The molecule has 0 spiro atoms. The van der Waals surface area contributed by atoms with Gasteiger partial charge < -0.3 is 10.4 Å². The topological polar surface area (TPSA) is 83.5 Å². The lowest BCUT2D eigenvalue weighted by Crippen LogP contribution is -2.35. The molecular weight excluding hydrogens is 210 g/mol. The van der Waals surface area contributed by atoms with Gasteiger partial charge in [0.2, 0.25) is 5.78 Å². The van der Waals surface area contributed by atoms with Crippen LogP contribution in [0.1, 0.15) is 5.56 Å². The highest BCUT2D eigenvalue weighted by Gasteiger charge is 2.14. The Hall–Kier alpha value is -2.17. The lowest BCUT2D eigenvalue weighted by molar-refractivity contribution is -0.141. The van der Waals surface area contributed by atoms with Gasteiger partial charge in [0.15, 0.2) is 0 Å². The van der Waals surface area contributed by atoms with Gasteiger partial charge in [-0.25, -0.2) is 0 Å². The number of hydrogen-bond donors (Lipinski definition) is 2. The lowest BCUT2D eigenvalue weighted by atomic mass is 10.1. The van der Waals surface area contributed by atoms with Gasteiger partial charge in [0.05, 0.1) is 0 Å². The number of amides is 1. The van der Waals surface area contributed by atoms with Gasteiger partial charge in [0.1, 0.15) is 6.54 Å². The van der Waals surface area contributed by atoms with Crippen molar-refractivity contribution in [2.75, 3.05) is 6.54 Å². The van der Waals surface area contributed by atoms with Crippen molar-refractivity contribution >= 4 is 17.7 Å². The molecule has 84 valence electrons. The third-order valence-electron chi connectivity index (χ3n) is 1.86. The number of nitrogens with one attached hydrogen (secondary N) is 1. The highest BCUT2D eigenvalue weighted by Crippen LogP contribution is 1.99. The van der Waals surface area contributed by atoms with Gasteiger partial charge in [0, 0.05) is 6.42 Å². The van der Waals surface area contributed by atoms with Crippen molar-refractivity contribution in [1.82, 2.24) is 5.32 Å². The summed E-state index contributed by atoms with van der Waals surface area (Å²) in [6.45, 7) is -0.542. The summed E-state index contributed by atoms with van der Waals surface area (Å²) in [5.41, 5.74) is 0.720. The fourth-order valence-corrected chi connectivity index (χ4v) is 1.12. The minimum Gasteiger partial charge on any atom is -0.480 e. The van der Waals surface area contributed by atoms with E-state index in [9.17, 15) is 14.4 Å². The van der Waals surface area contributed by atoms with Crippen LogP contribution >= 0.6 is 0 Å². The van der Waals surface area contributed by atoms with Crippen LogP contribution in [0.2, 0.25) is 0 Å². The molecule has 0 heterocycles. The van der Waals surface area contributed by atoms with Crippen molar-refractivity contribution in [2.24, 2.45) is 0 Å². The molecule has 0 atom stereocenters. The minimum atomic E-state index is -1.18. The first-order chi connectivity index (χ1) is 7.59. The summed E-state index contributed by atoms with van der Waals surface area (Å²) in [7, 11) is 0. The van der Waals surface area contributed by atoms with E-state index in [2.05, 4.69) is 0 Å². The average molecular weight is 221 g/mol. The zero-order valence-corrected chi connectivity index (χ0v) is 8.47. The summed E-state index contributed by atoms with van der Waals surface area (Å²) >= 11 is 0. The molecule has 0 fully saturated rings. The van der Waals surface area contributed by atoms with Crippen LogP contribution in [-0.2, 0) is 20.8 Å². The molecular formula is C11H11NO4. The molecule has 16 heavy (non-hydrogen) atoms. The zero-order chi connectivity index (χ0) is 12.0. The maximum Gasteiger partial charge on any atom is 0.322 e. The molecule has 0 aliphatic heterocycles. The minimum absolute atomic E-state index is 0.0215. The summed E-state index contributed by atoms with van der Waals surface area (Å²) in [5.74, 6) is -2.69. The molecule has 1 amide bonds. The molecule has 5 nitrogen and oxygen atoms in total. The van der Waals surface area contributed by atoms with E-state index in [-0.39, 0.29) is 6.42 Å². The molecule has 5 heteroatoms. The van der Waals surface area contributed by atoms with Crippen LogP contribution in [0.15, 0.2) is 30.3 Å². The molecule has 0 aromatic heterocycles. The highest BCUT2D eigenvalue weighted by molar-refractivity contribution is 6.36. The number of Topliss-reactive ketones (excluding diaryl/α,β-unsaturated/α-hetero) is 1. The number of carbonyl (C=O) groups excluding carboxylic acids is 2. The second kappa shape index (κ2) is 5.65. The Labute approximate surface area is 92.1 Å². The maximum absolute atomic E-state index is 11.3. The lowest BCUT2D eigenvalue weighted by Gasteiger charge is -2.01. The van der Waals surface area contributed by atoms with Gasteiger partial charge in [-0.1, -0.05) is 30.3 Å². The van der Waals surface area contributed by atoms with E-state index in [1.807, 2.05) is 5.32 Å².